The molecule has 0 unspecified atom stereocenters. The molecule has 0 heterocycles. The molecule has 0 aliphatic carbocycles. The lowest BCUT2D eigenvalue weighted by atomic mass is 9.83. The third kappa shape index (κ3) is 5.86. The van der Waals surface area contributed by atoms with E-state index in [0.717, 1.165) is 25.7 Å². The highest BCUT2D eigenvalue weighted by Crippen LogP contribution is 2.29. The molecule has 0 spiro atoms. The van der Waals surface area contributed by atoms with Crippen LogP contribution >= 0.6 is 0 Å². The zero-order chi connectivity index (χ0) is 20.1. The summed E-state index contributed by atoms with van der Waals surface area (Å²) < 4.78 is 0. The van der Waals surface area contributed by atoms with Gasteiger partial charge < -0.3 is 10.2 Å². The monoisotopic (exact) mass is 362 g/mol. The van der Waals surface area contributed by atoms with Crippen LogP contribution in [0.3, 0.4) is 0 Å². The minimum atomic E-state index is -0.755. The number of rotatable bonds is 10. The molecule has 4 nitrogen and oxygen atoms in total. The Balaban J connectivity index is 2.85. The van der Waals surface area contributed by atoms with Crippen molar-refractivity contribution in [3.05, 3.63) is 34.4 Å². The fourth-order valence-corrected chi connectivity index (χ4v) is 3.25. The molecule has 0 atom stereocenters. The third-order valence-electron chi connectivity index (χ3n) is 5.51. The standard InChI is InChI=1S/C22H34O4/c1-15-11-12-16(2)18(10-8-14-22(5,6)20(25)26)17(15)9-7-13-21(3,4)19(23)24/h11-12H,7-10,13-14H2,1-6H3,(H,23,24)(H,25,26). The van der Waals surface area contributed by atoms with Gasteiger partial charge in [0.25, 0.3) is 0 Å². The Hall–Kier alpha value is -1.84. The molecular formula is C22H34O4. The summed E-state index contributed by atoms with van der Waals surface area (Å²) in [6.07, 6.45) is 4.67. The summed E-state index contributed by atoms with van der Waals surface area (Å²) in [7, 11) is 0. The van der Waals surface area contributed by atoms with Crippen LogP contribution in [0.2, 0.25) is 0 Å². The molecule has 4 heteroatoms. The average molecular weight is 363 g/mol. The lowest BCUT2D eigenvalue weighted by Gasteiger charge is -2.22. The molecule has 0 bridgehead atoms. The van der Waals surface area contributed by atoms with Crippen molar-refractivity contribution in [1.29, 1.82) is 0 Å². The Bertz CT molecular complexity index is 599. The first-order valence-corrected chi connectivity index (χ1v) is 9.43. The molecule has 0 aliphatic heterocycles. The maximum Gasteiger partial charge on any atom is 0.309 e. The first kappa shape index (κ1) is 22.2. The minimum absolute atomic E-state index is 0.640. The normalized spacial score (nSPS) is 12.2. The van der Waals surface area contributed by atoms with Gasteiger partial charge in [0.05, 0.1) is 10.8 Å². The van der Waals surface area contributed by atoms with Crippen molar-refractivity contribution in [3.63, 3.8) is 0 Å². The van der Waals surface area contributed by atoms with Gasteiger partial charge >= 0.3 is 11.9 Å². The zero-order valence-corrected chi connectivity index (χ0v) is 17.1. The van der Waals surface area contributed by atoms with Crippen molar-refractivity contribution in [2.45, 2.75) is 80.1 Å². The molecule has 1 aromatic rings. The lowest BCUT2D eigenvalue weighted by Crippen LogP contribution is -2.24. The summed E-state index contributed by atoms with van der Waals surface area (Å²) in [6.45, 7) is 11.3. The average Bonchev–Trinajstić information content (AvgIpc) is 2.52. The van der Waals surface area contributed by atoms with E-state index in [4.69, 9.17) is 0 Å². The Morgan fingerprint density at radius 3 is 1.35 bits per heavy atom. The van der Waals surface area contributed by atoms with Crippen molar-refractivity contribution in [2.24, 2.45) is 10.8 Å². The maximum atomic E-state index is 11.3. The van der Waals surface area contributed by atoms with E-state index < -0.39 is 22.8 Å². The van der Waals surface area contributed by atoms with Crippen LogP contribution in [0.1, 0.15) is 75.6 Å². The van der Waals surface area contributed by atoms with Gasteiger partial charge in [-0.3, -0.25) is 9.59 Å². The summed E-state index contributed by atoms with van der Waals surface area (Å²) in [4.78, 5) is 22.6. The highest BCUT2D eigenvalue weighted by molar-refractivity contribution is 5.73. The molecule has 1 rings (SSSR count). The molecular weight excluding hydrogens is 328 g/mol. The molecule has 0 aliphatic rings. The molecule has 0 amide bonds. The van der Waals surface area contributed by atoms with Crippen LogP contribution in [-0.4, -0.2) is 22.2 Å². The smallest absolute Gasteiger partial charge is 0.309 e. The SMILES string of the molecule is Cc1ccc(C)c(CCCC(C)(C)C(=O)O)c1CCCC(C)(C)C(=O)O. The van der Waals surface area contributed by atoms with Crippen LogP contribution in [0.5, 0.6) is 0 Å². The number of benzene rings is 1. The first-order chi connectivity index (χ1) is 11.9. The Morgan fingerprint density at radius 2 is 1.08 bits per heavy atom. The number of hydrogen-bond acceptors (Lipinski definition) is 2. The molecule has 0 radical (unpaired) electrons. The number of carboxylic acids is 2. The Kier molecular flexibility index (Phi) is 7.43. The van der Waals surface area contributed by atoms with Gasteiger partial charge in [-0.05, 0) is 102 Å². The van der Waals surface area contributed by atoms with Crippen LogP contribution in [0.25, 0.3) is 0 Å². The molecule has 26 heavy (non-hydrogen) atoms. The van der Waals surface area contributed by atoms with Crippen molar-refractivity contribution in [2.75, 3.05) is 0 Å². The molecule has 1 aromatic carbocycles. The second kappa shape index (κ2) is 8.70. The number of carbonyl (C=O) groups is 2. The molecule has 0 saturated heterocycles. The van der Waals surface area contributed by atoms with E-state index in [2.05, 4.69) is 26.0 Å². The van der Waals surface area contributed by atoms with Crippen LogP contribution in [0.15, 0.2) is 12.1 Å². The number of aliphatic carboxylic acids is 2. The maximum absolute atomic E-state index is 11.3. The number of carboxylic acid groups (broad SMARTS) is 2. The van der Waals surface area contributed by atoms with Crippen molar-refractivity contribution in [1.82, 2.24) is 0 Å². The van der Waals surface area contributed by atoms with Crippen LogP contribution in [0, 0.1) is 24.7 Å². The van der Waals surface area contributed by atoms with Crippen molar-refractivity contribution < 1.29 is 19.8 Å². The predicted molar refractivity (Wildman–Crippen MR) is 105 cm³/mol. The van der Waals surface area contributed by atoms with Crippen LogP contribution < -0.4 is 0 Å². The molecule has 146 valence electrons. The van der Waals surface area contributed by atoms with E-state index in [1.165, 1.54) is 22.3 Å². The Labute approximate surface area is 157 Å². The Morgan fingerprint density at radius 1 is 0.769 bits per heavy atom. The van der Waals surface area contributed by atoms with E-state index >= 15 is 0 Å². The van der Waals surface area contributed by atoms with E-state index in [9.17, 15) is 19.8 Å². The van der Waals surface area contributed by atoms with Gasteiger partial charge in [0.1, 0.15) is 0 Å². The summed E-state index contributed by atoms with van der Waals surface area (Å²) in [5, 5.41) is 18.6. The minimum Gasteiger partial charge on any atom is -0.481 e. The van der Waals surface area contributed by atoms with Gasteiger partial charge in [-0.15, -0.1) is 0 Å². The van der Waals surface area contributed by atoms with Gasteiger partial charge in [0, 0.05) is 0 Å². The van der Waals surface area contributed by atoms with Gasteiger partial charge in [-0.25, -0.2) is 0 Å². The predicted octanol–water partition coefficient (Wildman–Crippen LogP) is 5.17. The second-order valence-corrected chi connectivity index (χ2v) is 8.74. The van der Waals surface area contributed by atoms with E-state index in [1.807, 2.05) is 0 Å². The highest BCUT2D eigenvalue weighted by Gasteiger charge is 2.27. The van der Waals surface area contributed by atoms with E-state index in [0.29, 0.717) is 12.8 Å². The van der Waals surface area contributed by atoms with Crippen LogP contribution in [-0.2, 0) is 22.4 Å². The summed E-state index contributed by atoms with van der Waals surface area (Å²) in [6, 6.07) is 4.25. The van der Waals surface area contributed by atoms with E-state index in [-0.39, 0.29) is 0 Å². The quantitative estimate of drug-likeness (QED) is 0.602. The highest BCUT2D eigenvalue weighted by atomic mass is 16.4. The summed E-state index contributed by atoms with van der Waals surface area (Å²) in [5.41, 5.74) is 3.67. The third-order valence-corrected chi connectivity index (χ3v) is 5.51. The number of hydrogen-bond donors (Lipinski definition) is 2. The topological polar surface area (TPSA) is 74.6 Å². The van der Waals surface area contributed by atoms with Gasteiger partial charge in [0.2, 0.25) is 0 Å². The number of aryl methyl sites for hydroxylation is 2. The van der Waals surface area contributed by atoms with Crippen molar-refractivity contribution in [3.8, 4) is 0 Å². The fourth-order valence-electron chi connectivity index (χ4n) is 3.25. The second-order valence-electron chi connectivity index (χ2n) is 8.74. The molecule has 0 saturated carbocycles. The molecule has 2 N–H and O–H groups in total. The summed E-state index contributed by atoms with van der Waals surface area (Å²) in [5.74, 6) is -1.51. The molecule has 0 fully saturated rings. The summed E-state index contributed by atoms with van der Waals surface area (Å²) >= 11 is 0. The van der Waals surface area contributed by atoms with E-state index in [1.54, 1.807) is 27.7 Å². The van der Waals surface area contributed by atoms with Crippen molar-refractivity contribution >= 4 is 11.9 Å². The zero-order valence-electron chi connectivity index (χ0n) is 17.1. The molecule has 0 aromatic heterocycles. The lowest BCUT2D eigenvalue weighted by molar-refractivity contribution is -0.148. The largest absolute Gasteiger partial charge is 0.481 e. The van der Waals surface area contributed by atoms with Gasteiger partial charge in [-0.1, -0.05) is 12.1 Å². The van der Waals surface area contributed by atoms with Crippen LogP contribution in [0.4, 0.5) is 0 Å². The van der Waals surface area contributed by atoms with Gasteiger partial charge in [-0.2, -0.15) is 0 Å². The fraction of sp³-hybridized carbons (Fsp3) is 0.636. The first-order valence-electron chi connectivity index (χ1n) is 9.43. The van der Waals surface area contributed by atoms with Gasteiger partial charge in [0.15, 0.2) is 0 Å².